The summed E-state index contributed by atoms with van der Waals surface area (Å²) in [4.78, 5) is 31.2. The van der Waals surface area contributed by atoms with Gasteiger partial charge < -0.3 is 41.4 Å². The number of hydrogen-bond acceptors (Lipinski definition) is 9. The van der Waals surface area contributed by atoms with Gasteiger partial charge in [0.05, 0.1) is 22.1 Å². The molecule has 2 aliphatic rings. The molecular weight excluding hydrogens is 599 g/mol. The first kappa shape index (κ1) is 35.6. The minimum Gasteiger partial charge on any atom is -0.870 e. The minimum atomic E-state index is -1.56. The summed E-state index contributed by atoms with van der Waals surface area (Å²) in [5.41, 5.74) is -0.757. The van der Waals surface area contributed by atoms with Crippen LogP contribution in [0.3, 0.4) is 0 Å². The van der Waals surface area contributed by atoms with Crippen LogP contribution < -0.4 is 26.5 Å². The number of aromatic nitrogens is 3. The van der Waals surface area contributed by atoms with Gasteiger partial charge in [0.1, 0.15) is 17.5 Å². The predicted molar refractivity (Wildman–Crippen MR) is 149 cm³/mol. The number of halogens is 2. The number of nitrogens with one attached hydrogen (secondary N) is 3. The number of carbonyl (C=O) groups excluding carboxylic acids is 1. The van der Waals surface area contributed by atoms with E-state index in [1.807, 2.05) is 36.4 Å². The Kier molecular flexibility index (Phi) is 15.1. The first-order valence-corrected chi connectivity index (χ1v) is 12.6. The Hall–Kier alpha value is -3.42. The molecule has 4 heterocycles. The third-order valence-corrected chi connectivity index (χ3v) is 6.07. The zero-order valence-corrected chi connectivity index (χ0v) is 23.7. The van der Waals surface area contributed by atoms with E-state index in [4.69, 9.17) is 11.6 Å². The van der Waals surface area contributed by atoms with Crippen molar-refractivity contribution >= 4 is 40.1 Å². The van der Waals surface area contributed by atoms with Gasteiger partial charge in [-0.2, -0.15) is 0 Å². The molecule has 6 rings (SSSR count). The van der Waals surface area contributed by atoms with Crippen molar-refractivity contribution in [2.75, 3.05) is 31.5 Å². The van der Waals surface area contributed by atoms with Crippen molar-refractivity contribution in [2.45, 2.75) is 18.9 Å². The fraction of sp³-hybridized carbons (Fsp3) is 0.259. The van der Waals surface area contributed by atoms with Gasteiger partial charge in [0.25, 0.3) is 0 Å². The molecule has 0 spiro atoms. The third-order valence-electron chi connectivity index (χ3n) is 5.78. The van der Waals surface area contributed by atoms with Gasteiger partial charge in [0.15, 0.2) is 5.43 Å². The second kappa shape index (κ2) is 17.4. The molecule has 1 aromatic carbocycles. The summed E-state index contributed by atoms with van der Waals surface area (Å²) in [5.74, 6) is -0.692. The Labute approximate surface area is 251 Å². The zero-order valence-electron chi connectivity index (χ0n) is 21.8. The molecule has 2 fully saturated rings. The number of piperazine rings is 1. The van der Waals surface area contributed by atoms with Crippen LogP contribution >= 0.6 is 11.6 Å². The molecule has 11 nitrogen and oxygen atoms in total. The first-order chi connectivity index (χ1) is 18.4. The van der Waals surface area contributed by atoms with Crippen LogP contribution in [0.4, 0.5) is 16.0 Å². The molecule has 0 amide bonds. The van der Waals surface area contributed by atoms with Crippen molar-refractivity contribution in [3.05, 3.63) is 93.7 Å². The fourth-order valence-corrected chi connectivity index (χ4v) is 3.91. The molecule has 1 aliphatic heterocycles. The summed E-state index contributed by atoms with van der Waals surface area (Å²) in [7, 11) is 0. The molecule has 14 heteroatoms. The van der Waals surface area contributed by atoms with Crippen molar-refractivity contribution in [2.24, 2.45) is 0 Å². The first-order valence-electron chi connectivity index (χ1n) is 12.2. The van der Waals surface area contributed by atoms with Crippen LogP contribution in [0.5, 0.6) is 0 Å². The molecule has 1 aliphatic carbocycles. The van der Waals surface area contributed by atoms with Crippen LogP contribution in [0.25, 0.3) is 10.9 Å². The van der Waals surface area contributed by atoms with Gasteiger partial charge in [-0.15, -0.1) is 0 Å². The van der Waals surface area contributed by atoms with Crippen molar-refractivity contribution in [1.29, 1.82) is 0 Å². The Bertz CT molecular complexity index is 1390. The predicted octanol–water partition coefficient (Wildman–Crippen LogP) is 1.89. The molecule has 0 atom stereocenters. The number of nitrogens with zero attached hydrogens (tertiary/aromatic N) is 3. The molecular formula is C27H30ClFFeN6O5+. The summed E-state index contributed by atoms with van der Waals surface area (Å²) in [6.07, 6.45) is 6.52. The van der Waals surface area contributed by atoms with E-state index in [1.165, 1.54) is 12.3 Å². The molecule has 0 bridgehead atoms. The number of carboxylic acid groups (broad SMARTS) is 1. The monoisotopic (exact) mass is 628 g/mol. The van der Waals surface area contributed by atoms with E-state index in [-0.39, 0.29) is 44.5 Å². The van der Waals surface area contributed by atoms with E-state index in [0.29, 0.717) is 5.52 Å². The van der Waals surface area contributed by atoms with Gasteiger partial charge in [0.2, 0.25) is 0 Å². The third kappa shape index (κ3) is 10.2. The number of pyridine rings is 3. The largest absolute Gasteiger partial charge is 3.00 e. The van der Waals surface area contributed by atoms with E-state index in [1.54, 1.807) is 17.0 Å². The maximum atomic E-state index is 13.5. The maximum Gasteiger partial charge on any atom is 3.00 e. The number of benzene rings is 1. The van der Waals surface area contributed by atoms with Gasteiger partial charge in [-0.1, -0.05) is 23.7 Å². The van der Waals surface area contributed by atoms with E-state index in [9.17, 15) is 19.1 Å². The SMILES string of the molecule is C1CNCCN1.O.O=C([O-])c1cn(C2CC2)c2cc(Cl)c(F)cc2c1=O.[Fe+3].[OH-].c1ccc(Nc2ccccn2)nc1. The smallest absolute Gasteiger partial charge is 0.870 e. The number of rotatable bonds is 4. The van der Waals surface area contributed by atoms with Gasteiger partial charge in [-0.25, -0.2) is 14.4 Å². The zero-order chi connectivity index (χ0) is 26.9. The summed E-state index contributed by atoms with van der Waals surface area (Å²) in [6, 6.07) is 13.9. The van der Waals surface area contributed by atoms with Gasteiger partial charge >= 0.3 is 17.1 Å². The number of fused-ring (bicyclic) bond motifs is 1. The quantitative estimate of drug-likeness (QED) is 0.284. The van der Waals surface area contributed by atoms with Crippen LogP contribution in [0, 0.1) is 5.82 Å². The number of anilines is 2. The Morgan fingerprint density at radius 3 is 1.95 bits per heavy atom. The average Bonchev–Trinajstić information content (AvgIpc) is 3.78. The van der Waals surface area contributed by atoms with Crippen molar-refractivity contribution in [1.82, 2.24) is 25.2 Å². The minimum absolute atomic E-state index is 0. The second-order valence-electron chi connectivity index (χ2n) is 8.64. The van der Waals surface area contributed by atoms with E-state index < -0.39 is 22.8 Å². The van der Waals surface area contributed by atoms with E-state index >= 15 is 0 Å². The number of hydrogen-bond donors (Lipinski definition) is 3. The summed E-state index contributed by atoms with van der Waals surface area (Å²) >= 11 is 5.72. The number of aromatic carboxylic acids is 1. The molecule has 4 aromatic rings. The van der Waals surface area contributed by atoms with Crippen LogP contribution in [0.1, 0.15) is 29.2 Å². The van der Waals surface area contributed by atoms with Crippen LogP contribution in [-0.2, 0) is 17.1 Å². The summed E-state index contributed by atoms with van der Waals surface area (Å²) in [6.45, 7) is 4.56. The number of carbonyl (C=O) groups is 1. The van der Waals surface area contributed by atoms with E-state index in [2.05, 4.69) is 25.9 Å². The standard InChI is InChI=1S/C13H9ClFNO3.C10H9N3.C4H10N2.Fe.2H2O/c14-9-4-11-7(3-10(9)15)12(17)8(13(18)19)5-16(11)6-1-2-6;1-3-7-11-9(5-1)13-10-6-2-4-8-12-10;1-2-6-4-3-5-1;;;/h3-6H,1-2H2,(H,18,19);1-8H,(H,11,12,13);5-6H,1-4H2;;2*1H2/q;;;+3;;/p-2. The van der Waals surface area contributed by atoms with Crippen molar-refractivity contribution in [3.63, 3.8) is 0 Å². The maximum absolute atomic E-state index is 13.5. The van der Waals surface area contributed by atoms with Gasteiger partial charge in [-0.05, 0) is 49.2 Å². The van der Waals surface area contributed by atoms with Gasteiger partial charge in [-0.3, -0.25) is 4.79 Å². The Morgan fingerprint density at radius 2 is 1.54 bits per heavy atom. The fourth-order valence-electron chi connectivity index (χ4n) is 3.75. The molecule has 6 N–H and O–H groups in total. The van der Waals surface area contributed by atoms with Gasteiger partial charge in [0, 0.05) is 56.2 Å². The van der Waals surface area contributed by atoms with Crippen molar-refractivity contribution < 1.29 is 42.3 Å². The van der Waals surface area contributed by atoms with Crippen molar-refractivity contribution in [3.8, 4) is 0 Å². The van der Waals surface area contributed by atoms with Crippen LogP contribution in [0.15, 0.2) is 71.9 Å². The summed E-state index contributed by atoms with van der Waals surface area (Å²) < 4.78 is 15.1. The Balaban J connectivity index is 0.000000333. The molecule has 0 unspecified atom stereocenters. The second-order valence-corrected chi connectivity index (χ2v) is 9.04. The summed E-state index contributed by atoms with van der Waals surface area (Å²) in [5, 5.41) is 20.4. The molecule has 1 saturated heterocycles. The van der Waals surface area contributed by atoms with Crippen LogP contribution in [-0.4, -0.2) is 57.6 Å². The molecule has 219 valence electrons. The normalized spacial score (nSPS) is 13.4. The average molecular weight is 629 g/mol. The molecule has 3 aromatic heterocycles. The van der Waals surface area contributed by atoms with Crippen LogP contribution in [0.2, 0.25) is 5.02 Å². The molecule has 1 radical (unpaired) electrons. The molecule has 41 heavy (non-hydrogen) atoms. The van der Waals surface area contributed by atoms with E-state index in [0.717, 1.165) is 56.7 Å². The topological polar surface area (TPSA) is 186 Å². The number of carboxylic acids is 1. The Morgan fingerprint density at radius 1 is 1.00 bits per heavy atom. The molecule has 1 saturated carbocycles.